The number of rotatable bonds is 4. The highest BCUT2D eigenvalue weighted by atomic mass is 32.1. The predicted octanol–water partition coefficient (Wildman–Crippen LogP) is 3.25. The lowest BCUT2D eigenvalue weighted by molar-refractivity contribution is 0.101. The summed E-state index contributed by atoms with van der Waals surface area (Å²) in [4.78, 5) is 11.5. The van der Waals surface area contributed by atoms with Crippen LogP contribution in [0.3, 0.4) is 0 Å². The molecule has 0 amide bonds. The molecule has 1 fully saturated rings. The molecule has 1 aromatic rings. The van der Waals surface area contributed by atoms with Crippen LogP contribution < -0.4 is 5.32 Å². The van der Waals surface area contributed by atoms with E-state index in [1.54, 1.807) is 6.92 Å². The number of aryl methyl sites for hydroxylation is 1. The van der Waals surface area contributed by atoms with Crippen LogP contribution in [0.1, 0.15) is 49.7 Å². The van der Waals surface area contributed by atoms with Crippen LogP contribution >= 0.6 is 11.5 Å². The summed E-state index contributed by atoms with van der Waals surface area (Å²) in [5.74, 6) is 0.829. The number of aromatic nitrogens is 1. The zero-order valence-corrected chi connectivity index (χ0v) is 11.1. The summed E-state index contributed by atoms with van der Waals surface area (Å²) in [5.41, 5.74) is 1.67. The van der Waals surface area contributed by atoms with Gasteiger partial charge in [-0.05, 0) is 58.0 Å². The molecular formula is C12H18N2OS. The van der Waals surface area contributed by atoms with Crippen molar-refractivity contribution in [3.63, 3.8) is 0 Å². The fraction of sp³-hybridized carbons (Fsp3) is 0.667. The smallest absolute Gasteiger partial charge is 0.164 e. The van der Waals surface area contributed by atoms with Crippen LogP contribution in [0.2, 0.25) is 0 Å². The van der Waals surface area contributed by atoms with E-state index < -0.39 is 0 Å². The van der Waals surface area contributed by atoms with Crippen LogP contribution in [0.5, 0.6) is 0 Å². The maximum absolute atomic E-state index is 11.5. The molecule has 16 heavy (non-hydrogen) atoms. The molecule has 4 heteroatoms. The van der Waals surface area contributed by atoms with Crippen molar-refractivity contribution in [3.8, 4) is 0 Å². The van der Waals surface area contributed by atoms with Gasteiger partial charge in [-0.2, -0.15) is 4.37 Å². The number of hydrogen-bond acceptors (Lipinski definition) is 4. The van der Waals surface area contributed by atoms with Crippen molar-refractivity contribution in [3.05, 3.63) is 11.3 Å². The maximum atomic E-state index is 11.5. The fourth-order valence-electron chi connectivity index (χ4n) is 2.07. The minimum absolute atomic E-state index is 0.0726. The van der Waals surface area contributed by atoms with Gasteiger partial charge in [0.05, 0.1) is 11.3 Å². The van der Waals surface area contributed by atoms with E-state index in [-0.39, 0.29) is 11.3 Å². The largest absolute Gasteiger partial charge is 0.370 e. The van der Waals surface area contributed by atoms with Crippen LogP contribution in [0, 0.1) is 12.8 Å². The van der Waals surface area contributed by atoms with Gasteiger partial charge >= 0.3 is 0 Å². The Labute approximate surface area is 100 Å². The SMILES string of the molecule is CC(=O)c1c(C)nsc1NC(C)(C)C1CC1. The van der Waals surface area contributed by atoms with Gasteiger partial charge in [0.2, 0.25) is 0 Å². The minimum Gasteiger partial charge on any atom is -0.370 e. The van der Waals surface area contributed by atoms with Gasteiger partial charge in [-0.15, -0.1) is 0 Å². The first-order valence-corrected chi connectivity index (χ1v) is 6.44. The third-order valence-electron chi connectivity index (χ3n) is 3.25. The van der Waals surface area contributed by atoms with E-state index in [9.17, 15) is 4.79 Å². The molecule has 0 spiro atoms. The van der Waals surface area contributed by atoms with Crippen LogP contribution in [0.4, 0.5) is 5.00 Å². The van der Waals surface area contributed by atoms with Crippen LogP contribution in [0.25, 0.3) is 0 Å². The lowest BCUT2D eigenvalue weighted by Crippen LogP contribution is -2.33. The molecule has 0 radical (unpaired) electrons. The molecule has 88 valence electrons. The molecule has 1 heterocycles. The number of nitrogens with one attached hydrogen (secondary N) is 1. The summed E-state index contributed by atoms with van der Waals surface area (Å²) in [7, 11) is 0. The number of ketones is 1. The number of hydrogen-bond donors (Lipinski definition) is 1. The molecule has 0 bridgehead atoms. The van der Waals surface area contributed by atoms with Crippen molar-refractivity contribution in [1.82, 2.24) is 4.37 Å². The van der Waals surface area contributed by atoms with Gasteiger partial charge in [-0.3, -0.25) is 4.79 Å². The quantitative estimate of drug-likeness (QED) is 0.819. The summed E-state index contributed by atoms with van der Waals surface area (Å²) in [5, 5.41) is 4.42. The number of carbonyl (C=O) groups is 1. The molecule has 0 saturated heterocycles. The van der Waals surface area contributed by atoms with Crippen LogP contribution in [-0.4, -0.2) is 15.7 Å². The Morgan fingerprint density at radius 1 is 1.50 bits per heavy atom. The molecule has 3 nitrogen and oxygen atoms in total. The number of anilines is 1. The number of nitrogens with zero attached hydrogens (tertiary/aromatic N) is 1. The molecule has 1 aromatic heterocycles. The minimum atomic E-state index is 0.0726. The molecule has 1 N–H and O–H groups in total. The van der Waals surface area contributed by atoms with Gasteiger partial charge in [0.1, 0.15) is 5.00 Å². The topological polar surface area (TPSA) is 42.0 Å². The Kier molecular flexibility index (Phi) is 2.78. The molecular weight excluding hydrogens is 220 g/mol. The van der Waals surface area contributed by atoms with Crippen LogP contribution in [-0.2, 0) is 0 Å². The first-order valence-electron chi connectivity index (χ1n) is 5.67. The van der Waals surface area contributed by atoms with E-state index in [1.807, 2.05) is 6.92 Å². The van der Waals surface area contributed by atoms with Gasteiger partial charge < -0.3 is 5.32 Å². The second kappa shape index (κ2) is 3.84. The number of Topliss-reactive ketones (excluding diaryl/α,β-unsaturated/α-hetero) is 1. The molecule has 1 aliphatic rings. The molecule has 1 saturated carbocycles. The zero-order chi connectivity index (χ0) is 11.9. The molecule has 0 atom stereocenters. The van der Waals surface area contributed by atoms with E-state index in [0.717, 1.165) is 22.2 Å². The van der Waals surface area contributed by atoms with Gasteiger partial charge in [-0.1, -0.05) is 0 Å². The first-order chi connectivity index (χ1) is 7.42. The summed E-state index contributed by atoms with van der Waals surface area (Å²) in [6, 6.07) is 0. The van der Waals surface area contributed by atoms with Crippen molar-refractivity contribution < 1.29 is 4.79 Å². The van der Waals surface area contributed by atoms with Crippen molar-refractivity contribution in [2.24, 2.45) is 5.92 Å². The molecule has 1 aliphatic carbocycles. The Bertz CT molecular complexity index is 419. The van der Waals surface area contributed by atoms with Gasteiger partial charge in [0, 0.05) is 5.54 Å². The Morgan fingerprint density at radius 2 is 2.12 bits per heavy atom. The van der Waals surface area contributed by atoms with Gasteiger partial charge in [0.15, 0.2) is 5.78 Å². The van der Waals surface area contributed by atoms with E-state index in [1.165, 1.54) is 24.4 Å². The van der Waals surface area contributed by atoms with E-state index >= 15 is 0 Å². The fourth-order valence-corrected chi connectivity index (χ4v) is 3.08. The lowest BCUT2D eigenvalue weighted by atomic mass is 9.98. The highest BCUT2D eigenvalue weighted by molar-refractivity contribution is 7.10. The second-order valence-corrected chi connectivity index (χ2v) is 5.92. The summed E-state index contributed by atoms with van der Waals surface area (Å²) in [6.07, 6.45) is 2.57. The third-order valence-corrected chi connectivity index (χ3v) is 4.10. The summed E-state index contributed by atoms with van der Waals surface area (Å²) in [6.45, 7) is 7.89. The average Bonchev–Trinajstić information content (AvgIpc) is 2.92. The van der Waals surface area contributed by atoms with Crippen molar-refractivity contribution >= 4 is 22.3 Å². The molecule has 0 unspecified atom stereocenters. The highest BCUT2D eigenvalue weighted by Gasteiger charge is 2.38. The predicted molar refractivity (Wildman–Crippen MR) is 67.3 cm³/mol. The number of carbonyl (C=O) groups excluding carboxylic acids is 1. The second-order valence-electron chi connectivity index (χ2n) is 5.15. The van der Waals surface area contributed by atoms with E-state index in [2.05, 4.69) is 23.5 Å². The summed E-state index contributed by atoms with van der Waals surface area (Å²) >= 11 is 1.39. The first kappa shape index (κ1) is 11.6. The summed E-state index contributed by atoms with van der Waals surface area (Å²) < 4.78 is 4.26. The highest BCUT2D eigenvalue weighted by Crippen LogP contribution is 2.42. The van der Waals surface area contributed by atoms with Gasteiger partial charge in [-0.25, -0.2) is 0 Å². The van der Waals surface area contributed by atoms with Crippen molar-refractivity contribution in [2.75, 3.05) is 5.32 Å². The van der Waals surface area contributed by atoms with Gasteiger partial charge in [0.25, 0.3) is 0 Å². The van der Waals surface area contributed by atoms with E-state index in [4.69, 9.17) is 0 Å². The Morgan fingerprint density at radius 3 is 2.62 bits per heavy atom. The molecule has 2 rings (SSSR count). The zero-order valence-electron chi connectivity index (χ0n) is 10.3. The molecule has 0 aliphatic heterocycles. The Balaban J connectivity index is 2.24. The van der Waals surface area contributed by atoms with Crippen LogP contribution in [0.15, 0.2) is 0 Å². The average molecular weight is 238 g/mol. The monoisotopic (exact) mass is 238 g/mol. The lowest BCUT2D eigenvalue weighted by Gasteiger charge is -2.26. The third kappa shape index (κ3) is 2.12. The maximum Gasteiger partial charge on any atom is 0.164 e. The molecule has 0 aromatic carbocycles. The Hall–Kier alpha value is -0.900. The standard InChI is InChI=1S/C12H18N2OS/c1-7-10(8(2)15)11(16-14-7)13-12(3,4)9-5-6-9/h9,13H,5-6H2,1-4H3. The van der Waals surface area contributed by atoms with E-state index in [0.29, 0.717) is 0 Å². The van der Waals surface area contributed by atoms with Crippen molar-refractivity contribution in [1.29, 1.82) is 0 Å². The van der Waals surface area contributed by atoms with Crippen molar-refractivity contribution in [2.45, 2.75) is 46.1 Å². The normalized spacial score (nSPS) is 16.2.